The van der Waals surface area contributed by atoms with Crippen molar-refractivity contribution in [3.8, 4) is 0 Å². The SMILES string of the molecule is CC1CC(N=O)C1. The normalized spacial score (nSPS) is 39.6. The van der Waals surface area contributed by atoms with E-state index in [2.05, 4.69) is 12.1 Å². The molecule has 2 heteroatoms. The van der Waals surface area contributed by atoms with Crippen LogP contribution in [-0.4, -0.2) is 6.04 Å². The van der Waals surface area contributed by atoms with E-state index in [9.17, 15) is 4.91 Å². The molecule has 1 aliphatic rings. The second-order valence-corrected chi connectivity index (χ2v) is 2.34. The maximum absolute atomic E-state index is 9.68. The summed E-state index contributed by atoms with van der Waals surface area (Å²) in [6.07, 6.45) is 2.03. The first-order valence-corrected chi connectivity index (χ1v) is 2.65. The molecular weight excluding hydrogens is 90.1 g/mol. The summed E-state index contributed by atoms with van der Waals surface area (Å²) in [5, 5.41) is 2.89. The molecule has 40 valence electrons. The fourth-order valence-corrected chi connectivity index (χ4v) is 0.946. The molecule has 2 nitrogen and oxygen atoms in total. The van der Waals surface area contributed by atoms with Gasteiger partial charge in [-0.15, -0.1) is 0 Å². The van der Waals surface area contributed by atoms with Crippen molar-refractivity contribution in [2.75, 3.05) is 0 Å². The smallest absolute Gasteiger partial charge is 0.0924 e. The van der Waals surface area contributed by atoms with Gasteiger partial charge in [0.05, 0.1) is 6.04 Å². The van der Waals surface area contributed by atoms with Gasteiger partial charge in [0.2, 0.25) is 0 Å². The van der Waals surface area contributed by atoms with Gasteiger partial charge in [-0.25, -0.2) is 0 Å². The molecule has 0 bridgehead atoms. The zero-order valence-corrected chi connectivity index (χ0v) is 4.42. The molecule has 0 aliphatic heterocycles. The maximum Gasteiger partial charge on any atom is 0.0924 e. The molecule has 0 aromatic carbocycles. The minimum Gasteiger partial charge on any atom is -0.151 e. The average Bonchev–Trinajstić information content (AvgIpc) is 1.58. The summed E-state index contributed by atoms with van der Waals surface area (Å²) in [6, 6.07) is 0.162. The minimum absolute atomic E-state index is 0.162. The first-order chi connectivity index (χ1) is 3.33. The fourth-order valence-electron chi connectivity index (χ4n) is 0.946. The Hall–Kier alpha value is -0.400. The molecule has 0 radical (unpaired) electrons. The largest absolute Gasteiger partial charge is 0.151 e. The van der Waals surface area contributed by atoms with Crippen LogP contribution in [0.5, 0.6) is 0 Å². The quantitative estimate of drug-likeness (QED) is 0.458. The van der Waals surface area contributed by atoms with Gasteiger partial charge in [0.15, 0.2) is 0 Å². The zero-order valence-electron chi connectivity index (χ0n) is 4.42. The molecule has 0 amide bonds. The predicted molar refractivity (Wildman–Crippen MR) is 28.0 cm³/mol. The van der Waals surface area contributed by atoms with Crippen LogP contribution in [0.25, 0.3) is 0 Å². The van der Waals surface area contributed by atoms with Crippen LogP contribution in [0.15, 0.2) is 5.18 Å². The summed E-state index contributed by atoms with van der Waals surface area (Å²) < 4.78 is 0. The van der Waals surface area contributed by atoms with E-state index in [1.165, 1.54) is 0 Å². The number of hydrogen-bond acceptors (Lipinski definition) is 2. The monoisotopic (exact) mass is 99.1 g/mol. The van der Waals surface area contributed by atoms with Gasteiger partial charge in [-0.3, -0.25) is 0 Å². The van der Waals surface area contributed by atoms with Crippen molar-refractivity contribution >= 4 is 0 Å². The molecular formula is C5H9NO. The highest BCUT2D eigenvalue weighted by Gasteiger charge is 2.25. The van der Waals surface area contributed by atoms with Crippen molar-refractivity contribution in [2.24, 2.45) is 11.1 Å². The molecule has 0 aromatic heterocycles. The number of nitroso groups, excluding NO2 is 1. The molecule has 1 rings (SSSR count). The van der Waals surface area contributed by atoms with Gasteiger partial charge < -0.3 is 0 Å². The van der Waals surface area contributed by atoms with Crippen LogP contribution in [0.3, 0.4) is 0 Å². The van der Waals surface area contributed by atoms with E-state index in [0.717, 1.165) is 18.8 Å². The molecule has 1 saturated carbocycles. The highest BCUT2D eigenvalue weighted by molar-refractivity contribution is 4.81. The topological polar surface area (TPSA) is 29.4 Å². The van der Waals surface area contributed by atoms with Gasteiger partial charge in [-0.1, -0.05) is 12.1 Å². The molecule has 0 N–H and O–H groups in total. The maximum atomic E-state index is 9.68. The van der Waals surface area contributed by atoms with Crippen molar-refractivity contribution in [3.63, 3.8) is 0 Å². The highest BCUT2D eigenvalue weighted by Crippen LogP contribution is 2.28. The lowest BCUT2D eigenvalue weighted by Crippen LogP contribution is -2.23. The van der Waals surface area contributed by atoms with Crippen LogP contribution < -0.4 is 0 Å². The Kier molecular flexibility index (Phi) is 1.09. The lowest BCUT2D eigenvalue weighted by Gasteiger charge is -2.25. The molecule has 0 saturated heterocycles. The Balaban J connectivity index is 2.17. The lowest BCUT2D eigenvalue weighted by molar-refractivity contribution is 0.290. The van der Waals surface area contributed by atoms with E-state index in [-0.39, 0.29) is 6.04 Å². The number of hydrogen-bond donors (Lipinski definition) is 0. The first kappa shape index (κ1) is 4.75. The van der Waals surface area contributed by atoms with Gasteiger partial charge in [0.25, 0.3) is 0 Å². The molecule has 7 heavy (non-hydrogen) atoms. The second-order valence-electron chi connectivity index (χ2n) is 2.34. The third-order valence-electron chi connectivity index (χ3n) is 1.50. The molecule has 0 spiro atoms. The van der Waals surface area contributed by atoms with Crippen LogP contribution >= 0.6 is 0 Å². The molecule has 1 aliphatic carbocycles. The van der Waals surface area contributed by atoms with Gasteiger partial charge in [0, 0.05) is 0 Å². The minimum atomic E-state index is 0.162. The van der Waals surface area contributed by atoms with E-state index in [1.54, 1.807) is 0 Å². The van der Waals surface area contributed by atoms with Crippen molar-refractivity contribution < 1.29 is 0 Å². The van der Waals surface area contributed by atoms with Crippen molar-refractivity contribution in [1.29, 1.82) is 0 Å². The Labute approximate surface area is 42.9 Å². The molecule has 0 aromatic rings. The van der Waals surface area contributed by atoms with Gasteiger partial charge in [-0.2, -0.15) is 4.91 Å². The van der Waals surface area contributed by atoms with Crippen LogP contribution in [0.1, 0.15) is 19.8 Å². The first-order valence-electron chi connectivity index (χ1n) is 2.65. The summed E-state index contributed by atoms with van der Waals surface area (Å²) in [6.45, 7) is 2.14. The third kappa shape index (κ3) is 0.787. The van der Waals surface area contributed by atoms with Gasteiger partial charge in [0.1, 0.15) is 0 Å². The molecule has 1 fully saturated rings. The van der Waals surface area contributed by atoms with Gasteiger partial charge in [-0.05, 0) is 18.8 Å². The Bertz CT molecular complexity index is 76.1. The van der Waals surface area contributed by atoms with E-state index in [4.69, 9.17) is 0 Å². The number of rotatable bonds is 1. The third-order valence-corrected chi connectivity index (χ3v) is 1.50. The number of nitrogens with zero attached hydrogens (tertiary/aromatic N) is 1. The van der Waals surface area contributed by atoms with Crippen molar-refractivity contribution in [1.82, 2.24) is 0 Å². The predicted octanol–water partition coefficient (Wildman–Crippen LogP) is 1.55. The summed E-state index contributed by atoms with van der Waals surface area (Å²) in [5.41, 5.74) is 0. The Morgan fingerprint density at radius 3 is 2.29 bits per heavy atom. The Morgan fingerprint density at radius 1 is 1.57 bits per heavy atom. The van der Waals surface area contributed by atoms with Crippen LogP contribution in [0.4, 0.5) is 0 Å². The van der Waals surface area contributed by atoms with Crippen molar-refractivity contribution in [2.45, 2.75) is 25.8 Å². The van der Waals surface area contributed by atoms with E-state index >= 15 is 0 Å². The fraction of sp³-hybridized carbons (Fsp3) is 1.00. The standard InChI is InChI=1S/C5H9NO/c1-4-2-5(3-4)6-7/h4-5H,2-3H2,1H3. The van der Waals surface area contributed by atoms with Crippen LogP contribution in [0.2, 0.25) is 0 Å². The lowest BCUT2D eigenvalue weighted by atomic mass is 9.83. The average molecular weight is 99.1 g/mol. The molecule has 0 unspecified atom stereocenters. The van der Waals surface area contributed by atoms with Crippen LogP contribution in [0, 0.1) is 10.8 Å². The summed E-state index contributed by atoms with van der Waals surface area (Å²) in [4.78, 5) is 9.68. The summed E-state index contributed by atoms with van der Waals surface area (Å²) in [5.74, 6) is 0.752. The van der Waals surface area contributed by atoms with E-state index in [1.807, 2.05) is 0 Å². The van der Waals surface area contributed by atoms with Gasteiger partial charge >= 0.3 is 0 Å². The zero-order chi connectivity index (χ0) is 5.28. The molecule has 0 atom stereocenters. The summed E-state index contributed by atoms with van der Waals surface area (Å²) in [7, 11) is 0. The highest BCUT2D eigenvalue weighted by atomic mass is 16.3. The van der Waals surface area contributed by atoms with E-state index in [0.29, 0.717) is 0 Å². The second kappa shape index (κ2) is 1.60. The molecule has 0 heterocycles. The van der Waals surface area contributed by atoms with Crippen molar-refractivity contribution in [3.05, 3.63) is 4.91 Å². The van der Waals surface area contributed by atoms with E-state index < -0.39 is 0 Å². The summed E-state index contributed by atoms with van der Waals surface area (Å²) >= 11 is 0. The van der Waals surface area contributed by atoms with Crippen LogP contribution in [-0.2, 0) is 0 Å². The Morgan fingerprint density at radius 2 is 2.14 bits per heavy atom.